The van der Waals surface area contributed by atoms with Crippen LogP contribution in [0.4, 0.5) is 0 Å². The molecule has 0 bridgehead atoms. The molecule has 6 nitrogen and oxygen atoms in total. The van der Waals surface area contributed by atoms with Crippen LogP contribution in [0.5, 0.6) is 0 Å². The third-order valence-electron chi connectivity index (χ3n) is 0.776. The van der Waals surface area contributed by atoms with Gasteiger partial charge < -0.3 is 4.55 Å². The lowest BCUT2D eigenvalue weighted by atomic mass is 10.7. The van der Waals surface area contributed by atoms with Gasteiger partial charge in [0.1, 0.15) is 6.20 Å². The maximum absolute atomic E-state index is 9.45. The molecule has 0 aliphatic heterocycles. The second kappa shape index (κ2) is 6.46. The first-order chi connectivity index (χ1) is 6.06. The van der Waals surface area contributed by atoms with Gasteiger partial charge in [-0.3, -0.25) is 9.17 Å². The Hall–Kier alpha value is -1.05. The van der Waals surface area contributed by atoms with Gasteiger partial charge in [0, 0.05) is 6.07 Å². The van der Waals surface area contributed by atoms with Gasteiger partial charge in [0.25, 0.3) is 6.33 Å². The summed E-state index contributed by atoms with van der Waals surface area (Å²) in [4.78, 5) is 6.51. The van der Waals surface area contributed by atoms with Crippen molar-refractivity contribution in [2.45, 2.75) is 6.92 Å². The van der Waals surface area contributed by atoms with Gasteiger partial charge >= 0.3 is 0 Å². The fraction of sp³-hybridized carbons (Fsp3) is 0.333. The molecule has 0 aliphatic rings. The first-order valence-electron chi connectivity index (χ1n) is 3.42. The maximum atomic E-state index is 9.45. The maximum Gasteiger partial charge on any atom is 0.283 e. The van der Waals surface area contributed by atoms with E-state index in [1.807, 2.05) is 12.3 Å². The highest BCUT2D eigenvalue weighted by Gasteiger charge is 1.85. The van der Waals surface area contributed by atoms with Crippen molar-refractivity contribution in [1.82, 2.24) is 4.98 Å². The van der Waals surface area contributed by atoms with Crippen molar-refractivity contribution in [3.8, 4) is 0 Å². The van der Waals surface area contributed by atoms with Gasteiger partial charge in [0.2, 0.25) is 10.4 Å². The van der Waals surface area contributed by atoms with E-state index in [0.717, 1.165) is 0 Å². The molecule has 0 amide bonds. The smallest absolute Gasteiger partial charge is 0.283 e. The van der Waals surface area contributed by atoms with Crippen LogP contribution in [0.2, 0.25) is 0 Å². The average Bonchev–Trinajstić information content (AvgIpc) is 2.06. The molecule has 0 aliphatic carbocycles. The second-order valence-corrected chi connectivity index (χ2v) is 2.82. The minimum atomic E-state index is -4.42. The van der Waals surface area contributed by atoms with Crippen molar-refractivity contribution >= 4 is 10.4 Å². The van der Waals surface area contributed by atoms with E-state index >= 15 is 0 Å². The standard InChI is InChI=1S/C4H4N2.C2H6O4S/c1-2-5-4-6-3-1;1-2-6-7(3,4)5/h1-4H;2H2,1H3,(H,3,4,5). The van der Waals surface area contributed by atoms with Crippen molar-refractivity contribution in [3.63, 3.8) is 0 Å². The van der Waals surface area contributed by atoms with Gasteiger partial charge in [-0.05, 0) is 6.92 Å². The van der Waals surface area contributed by atoms with Gasteiger partial charge in [-0.1, -0.05) is 4.98 Å². The van der Waals surface area contributed by atoms with E-state index in [0.29, 0.717) is 0 Å². The molecule has 0 aromatic carbocycles. The minimum Gasteiger partial charge on any atom is -0.726 e. The highest BCUT2D eigenvalue weighted by atomic mass is 32.3. The summed E-state index contributed by atoms with van der Waals surface area (Å²) in [7, 11) is -4.42. The summed E-state index contributed by atoms with van der Waals surface area (Å²) in [5, 5.41) is 0. The average molecular weight is 206 g/mol. The lowest BCUT2D eigenvalue weighted by molar-refractivity contribution is -0.382. The molecule has 74 valence electrons. The van der Waals surface area contributed by atoms with E-state index in [1.54, 1.807) is 12.5 Å². The molecule has 0 radical (unpaired) electrons. The molecule has 0 unspecified atom stereocenters. The SMILES string of the molecule is CCOS(=O)(=O)[O-].c1cnc[nH+]c1. The Bertz CT molecular complexity index is 273. The molecular weight excluding hydrogens is 196 g/mol. The fourth-order valence-electron chi connectivity index (χ4n) is 0.422. The van der Waals surface area contributed by atoms with E-state index in [4.69, 9.17) is 0 Å². The second-order valence-electron chi connectivity index (χ2n) is 1.77. The highest BCUT2D eigenvalue weighted by molar-refractivity contribution is 7.80. The number of hydrogen-bond donors (Lipinski definition) is 0. The number of nitrogens with one attached hydrogen (secondary N) is 1. The Morgan fingerprint density at radius 2 is 2.31 bits per heavy atom. The molecule has 1 N–H and O–H groups in total. The number of hydrogen-bond acceptors (Lipinski definition) is 5. The van der Waals surface area contributed by atoms with Crippen LogP contribution in [0.25, 0.3) is 0 Å². The summed E-state index contributed by atoms with van der Waals surface area (Å²) in [6.07, 6.45) is 5.16. The topological polar surface area (TPSA) is 93.5 Å². The lowest BCUT2D eigenvalue weighted by Gasteiger charge is -2.02. The number of aromatic amines is 1. The summed E-state index contributed by atoms with van der Waals surface area (Å²) in [5.41, 5.74) is 0. The van der Waals surface area contributed by atoms with Crippen LogP contribution in [-0.2, 0) is 14.6 Å². The van der Waals surface area contributed by atoms with Crippen molar-refractivity contribution < 1.29 is 22.1 Å². The Morgan fingerprint density at radius 1 is 1.62 bits per heavy atom. The first kappa shape index (κ1) is 11.9. The molecule has 0 saturated heterocycles. The van der Waals surface area contributed by atoms with Crippen molar-refractivity contribution in [2.75, 3.05) is 6.61 Å². The number of H-pyrrole nitrogens is 1. The largest absolute Gasteiger partial charge is 0.726 e. The third-order valence-corrected chi connectivity index (χ3v) is 1.30. The minimum absolute atomic E-state index is 0.0914. The van der Waals surface area contributed by atoms with Crippen LogP contribution in [0.15, 0.2) is 24.8 Å². The summed E-state index contributed by atoms with van der Waals surface area (Å²) in [6, 6.07) is 1.83. The van der Waals surface area contributed by atoms with Gasteiger partial charge in [0.05, 0.1) is 12.8 Å². The number of nitrogens with zero attached hydrogens (tertiary/aromatic N) is 1. The fourth-order valence-corrected chi connectivity index (χ4v) is 0.710. The summed E-state index contributed by atoms with van der Waals surface area (Å²) in [5.74, 6) is 0. The third kappa shape index (κ3) is 10.9. The van der Waals surface area contributed by atoms with Crippen molar-refractivity contribution in [3.05, 3.63) is 24.8 Å². The highest BCUT2D eigenvalue weighted by Crippen LogP contribution is 1.80. The zero-order chi connectivity index (χ0) is 10.2. The molecule has 0 fully saturated rings. The molecule has 1 heterocycles. The van der Waals surface area contributed by atoms with Crippen LogP contribution >= 0.6 is 0 Å². The van der Waals surface area contributed by atoms with Crippen LogP contribution < -0.4 is 4.98 Å². The Labute approximate surface area is 76.6 Å². The van der Waals surface area contributed by atoms with E-state index in [9.17, 15) is 13.0 Å². The van der Waals surface area contributed by atoms with Crippen molar-refractivity contribution in [1.29, 1.82) is 0 Å². The quantitative estimate of drug-likeness (QED) is 0.474. The summed E-state index contributed by atoms with van der Waals surface area (Å²) >= 11 is 0. The molecule has 13 heavy (non-hydrogen) atoms. The molecule has 0 saturated carbocycles. The van der Waals surface area contributed by atoms with Crippen LogP contribution in [0.1, 0.15) is 6.92 Å². The Balaban J connectivity index is 0.000000223. The van der Waals surface area contributed by atoms with Gasteiger partial charge in [-0.25, -0.2) is 8.42 Å². The van der Waals surface area contributed by atoms with E-state index < -0.39 is 10.4 Å². The molecule has 1 aromatic rings. The normalized spacial score (nSPS) is 10.0. The molecular formula is C6H10N2O4S. The molecule has 0 atom stereocenters. The summed E-state index contributed by atoms with van der Waals surface area (Å²) < 4.78 is 32.0. The predicted molar refractivity (Wildman–Crippen MR) is 42.1 cm³/mol. The summed E-state index contributed by atoms with van der Waals surface area (Å²) in [6.45, 7) is 1.33. The van der Waals surface area contributed by atoms with Crippen LogP contribution in [0, 0.1) is 0 Å². The molecule has 1 aromatic heterocycles. The zero-order valence-electron chi connectivity index (χ0n) is 7.00. The Kier molecular flexibility index (Phi) is 5.94. The van der Waals surface area contributed by atoms with E-state index in [2.05, 4.69) is 14.2 Å². The first-order valence-corrected chi connectivity index (χ1v) is 4.76. The van der Waals surface area contributed by atoms with Crippen molar-refractivity contribution in [2.24, 2.45) is 0 Å². The van der Waals surface area contributed by atoms with Crippen LogP contribution in [0.3, 0.4) is 0 Å². The molecule has 1 rings (SSSR count). The molecule has 7 heteroatoms. The van der Waals surface area contributed by atoms with E-state index in [-0.39, 0.29) is 6.61 Å². The zero-order valence-corrected chi connectivity index (χ0v) is 7.82. The Morgan fingerprint density at radius 3 is 2.38 bits per heavy atom. The van der Waals surface area contributed by atoms with Gasteiger partial charge in [-0.15, -0.1) is 0 Å². The van der Waals surface area contributed by atoms with Gasteiger partial charge in [-0.2, -0.15) is 0 Å². The van der Waals surface area contributed by atoms with Crippen LogP contribution in [-0.4, -0.2) is 24.6 Å². The van der Waals surface area contributed by atoms with Gasteiger partial charge in [0.15, 0.2) is 0 Å². The van der Waals surface area contributed by atoms with E-state index in [1.165, 1.54) is 6.92 Å². The predicted octanol–water partition coefficient (Wildman–Crippen LogP) is -0.621. The monoisotopic (exact) mass is 206 g/mol. The lowest BCUT2D eigenvalue weighted by Crippen LogP contribution is -2.02. The number of rotatable bonds is 2. The number of aromatic nitrogens is 2. The molecule has 0 spiro atoms.